The number of aryl methyl sites for hydroxylation is 1. The Balaban J connectivity index is 0.00000484. The average Bonchev–Trinajstić information content (AvgIpc) is 2.49. The Hall–Kier alpha value is -0.870. The number of benzene rings is 1. The minimum atomic E-state index is -3.11. The third kappa shape index (κ3) is 9.77. The number of hydrogen-bond donors (Lipinski definition) is 3. The Morgan fingerprint density at radius 2 is 1.78 bits per heavy atom. The number of nitrogens with zero attached hydrogens (tertiary/aromatic N) is 1. The van der Waals surface area contributed by atoms with Crippen molar-refractivity contribution in [3.63, 3.8) is 0 Å². The molecule has 1 aromatic carbocycles. The molecule has 3 N–H and O–H groups in total. The number of hydrogen-bond acceptors (Lipinski definition) is 3. The molecule has 0 aliphatic rings. The lowest BCUT2D eigenvalue weighted by atomic mass is 10.1. The molecule has 0 saturated carbocycles. The lowest BCUT2D eigenvalue weighted by Gasteiger charge is -2.13. The fraction of sp³-hybridized carbons (Fsp3) is 0.533. The van der Waals surface area contributed by atoms with Crippen LogP contribution in [-0.2, 0) is 23.0 Å². The van der Waals surface area contributed by atoms with Crippen LogP contribution in [0.1, 0.15) is 24.5 Å². The van der Waals surface area contributed by atoms with Crippen LogP contribution in [0.3, 0.4) is 0 Å². The first kappa shape index (κ1) is 22.1. The summed E-state index contributed by atoms with van der Waals surface area (Å²) in [5, 5.41) is 6.44. The number of halogens is 1. The molecule has 0 aromatic heterocycles. The third-order valence-electron chi connectivity index (χ3n) is 3.18. The van der Waals surface area contributed by atoms with Gasteiger partial charge in [-0.2, -0.15) is 0 Å². The Labute approximate surface area is 156 Å². The average molecular weight is 454 g/mol. The molecule has 0 heterocycles. The van der Waals surface area contributed by atoms with Crippen molar-refractivity contribution in [1.29, 1.82) is 0 Å². The molecule has 0 fully saturated rings. The second kappa shape index (κ2) is 11.6. The number of guanidine groups is 1. The van der Waals surface area contributed by atoms with Gasteiger partial charge >= 0.3 is 0 Å². The van der Waals surface area contributed by atoms with Crippen molar-refractivity contribution in [1.82, 2.24) is 15.4 Å². The zero-order valence-electron chi connectivity index (χ0n) is 13.9. The number of sulfonamides is 1. The third-order valence-corrected chi connectivity index (χ3v) is 3.91. The molecule has 0 aliphatic heterocycles. The normalized spacial score (nSPS) is 11.7. The van der Waals surface area contributed by atoms with E-state index in [2.05, 4.69) is 39.4 Å². The molecule has 1 rings (SSSR count). The van der Waals surface area contributed by atoms with Gasteiger partial charge in [0, 0.05) is 26.7 Å². The molecule has 0 saturated heterocycles. The Morgan fingerprint density at radius 1 is 1.13 bits per heavy atom. The van der Waals surface area contributed by atoms with Crippen molar-refractivity contribution >= 4 is 40.0 Å². The fourth-order valence-corrected chi connectivity index (χ4v) is 2.54. The lowest BCUT2D eigenvalue weighted by molar-refractivity contribution is 0.584. The van der Waals surface area contributed by atoms with Gasteiger partial charge in [0.05, 0.1) is 6.26 Å². The highest BCUT2D eigenvalue weighted by Crippen LogP contribution is 2.08. The van der Waals surface area contributed by atoms with Gasteiger partial charge in [0.25, 0.3) is 0 Å². The molecule has 8 heteroatoms. The van der Waals surface area contributed by atoms with Crippen LogP contribution < -0.4 is 15.4 Å². The van der Waals surface area contributed by atoms with E-state index < -0.39 is 10.0 Å². The molecule has 1 aromatic rings. The summed E-state index contributed by atoms with van der Waals surface area (Å²) in [6.45, 7) is 3.92. The van der Waals surface area contributed by atoms with Crippen LogP contribution in [0.25, 0.3) is 0 Å². The van der Waals surface area contributed by atoms with Crippen molar-refractivity contribution in [2.45, 2.75) is 26.3 Å². The molecule has 132 valence electrons. The second-order valence-electron chi connectivity index (χ2n) is 4.99. The van der Waals surface area contributed by atoms with E-state index in [1.807, 2.05) is 12.1 Å². The van der Waals surface area contributed by atoms with Gasteiger partial charge in [-0.15, -0.1) is 24.0 Å². The predicted octanol–water partition coefficient (Wildman–Crippen LogP) is 1.47. The van der Waals surface area contributed by atoms with E-state index in [0.29, 0.717) is 32.0 Å². The van der Waals surface area contributed by atoms with Gasteiger partial charge in [0.1, 0.15) is 0 Å². The monoisotopic (exact) mass is 454 g/mol. The van der Waals surface area contributed by atoms with Crippen LogP contribution in [0.5, 0.6) is 0 Å². The topological polar surface area (TPSA) is 82.6 Å². The Bertz CT molecular complexity index is 591. The predicted molar refractivity (Wildman–Crippen MR) is 107 cm³/mol. The minimum Gasteiger partial charge on any atom is -0.356 e. The summed E-state index contributed by atoms with van der Waals surface area (Å²) in [7, 11) is -1.39. The summed E-state index contributed by atoms with van der Waals surface area (Å²) in [5.74, 6) is 0.713. The van der Waals surface area contributed by atoms with E-state index in [9.17, 15) is 8.42 Å². The summed E-state index contributed by atoms with van der Waals surface area (Å²) in [5.41, 5.74) is 2.58. The first-order valence-corrected chi connectivity index (χ1v) is 9.31. The van der Waals surface area contributed by atoms with Crippen molar-refractivity contribution in [3.8, 4) is 0 Å². The maximum absolute atomic E-state index is 10.9. The quantitative estimate of drug-likeness (QED) is 0.241. The molecule has 6 nitrogen and oxygen atoms in total. The van der Waals surface area contributed by atoms with E-state index in [4.69, 9.17) is 0 Å². The van der Waals surface area contributed by atoms with Crippen LogP contribution in [0.4, 0.5) is 0 Å². The summed E-state index contributed by atoms with van der Waals surface area (Å²) < 4.78 is 24.3. The smallest absolute Gasteiger partial charge is 0.208 e. The van der Waals surface area contributed by atoms with Crippen molar-refractivity contribution in [2.75, 3.05) is 26.4 Å². The molecule has 0 aliphatic carbocycles. The highest BCUT2D eigenvalue weighted by atomic mass is 127. The van der Waals surface area contributed by atoms with Gasteiger partial charge in [0.2, 0.25) is 10.0 Å². The van der Waals surface area contributed by atoms with Gasteiger partial charge in [-0.3, -0.25) is 4.99 Å². The molecule has 23 heavy (non-hydrogen) atoms. The first-order chi connectivity index (χ1) is 10.5. The first-order valence-electron chi connectivity index (χ1n) is 7.42. The number of aliphatic imine (C=N–C) groups is 1. The zero-order valence-corrected chi connectivity index (χ0v) is 17.1. The standard InChI is InChI=1S/C15H26N4O2S.HI/c1-4-13-8-5-6-9-14(13)12-18-15(16-2)17-10-7-11-19-22(3,20)21;/h5-6,8-9,19H,4,7,10-12H2,1-3H3,(H2,16,17,18);1H. The highest BCUT2D eigenvalue weighted by Gasteiger charge is 2.02. The fourth-order valence-electron chi connectivity index (χ4n) is 2.03. The maximum Gasteiger partial charge on any atom is 0.208 e. The van der Waals surface area contributed by atoms with Gasteiger partial charge in [-0.1, -0.05) is 31.2 Å². The van der Waals surface area contributed by atoms with E-state index in [1.165, 1.54) is 11.1 Å². The molecule has 0 bridgehead atoms. The van der Waals surface area contributed by atoms with Crippen LogP contribution in [0, 0.1) is 0 Å². The van der Waals surface area contributed by atoms with Crippen molar-refractivity contribution < 1.29 is 8.42 Å². The molecular weight excluding hydrogens is 427 g/mol. The second-order valence-corrected chi connectivity index (χ2v) is 6.83. The van der Waals surface area contributed by atoms with E-state index in [0.717, 1.165) is 12.7 Å². The summed E-state index contributed by atoms with van der Waals surface area (Å²) in [6, 6.07) is 8.31. The van der Waals surface area contributed by atoms with Gasteiger partial charge in [-0.05, 0) is 24.0 Å². The van der Waals surface area contributed by atoms with Crippen LogP contribution in [0.15, 0.2) is 29.3 Å². The largest absolute Gasteiger partial charge is 0.356 e. The van der Waals surface area contributed by atoms with Crippen LogP contribution in [-0.4, -0.2) is 40.8 Å². The van der Waals surface area contributed by atoms with Crippen molar-refractivity contribution in [3.05, 3.63) is 35.4 Å². The Kier molecular flexibility index (Phi) is 11.2. The molecule has 0 amide bonds. The SMILES string of the molecule is CCc1ccccc1CNC(=NC)NCCCNS(C)(=O)=O.I. The van der Waals surface area contributed by atoms with Gasteiger partial charge in [0.15, 0.2) is 5.96 Å². The number of nitrogens with one attached hydrogen (secondary N) is 3. The Morgan fingerprint density at radius 3 is 2.35 bits per heavy atom. The van der Waals surface area contributed by atoms with E-state index in [-0.39, 0.29) is 24.0 Å². The number of rotatable bonds is 8. The maximum atomic E-state index is 10.9. The summed E-state index contributed by atoms with van der Waals surface area (Å²) in [6.07, 6.45) is 2.85. The van der Waals surface area contributed by atoms with Crippen LogP contribution in [0.2, 0.25) is 0 Å². The lowest BCUT2D eigenvalue weighted by Crippen LogP contribution is -2.38. The van der Waals surface area contributed by atoms with Gasteiger partial charge in [-0.25, -0.2) is 13.1 Å². The van der Waals surface area contributed by atoms with Gasteiger partial charge < -0.3 is 10.6 Å². The molecule has 0 atom stereocenters. The minimum absolute atomic E-state index is 0. The molecule has 0 unspecified atom stereocenters. The highest BCUT2D eigenvalue weighted by molar-refractivity contribution is 14.0. The van der Waals surface area contributed by atoms with E-state index in [1.54, 1.807) is 7.05 Å². The van der Waals surface area contributed by atoms with Crippen molar-refractivity contribution in [2.24, 2.45) is 4.99 Å². The zero-order chi connectivity index (χ0) is 16.4. The molecule has 0 spiro atoms. The van der Waals surface area contributed by atoms with E-state index >= 15 is 0 Å². The van der Waals surface area contributed by atoms with Crippen LogP contribution >= 0.6 is 24.0 Å². The molecule has 0 radical (unpaired) electrons. The molecular formula is C15H27IN4O2S. The summed E-state index contributed by atoms with van der Waals surface area (Å²) >= 11 is 0. The summed E-state index contributed by atoms with van der Waals surface area (Å²) in [4.78, 5) is 4.16.